The predicted molar refractivity (Wildman–Crippen MR) is 84.2 cm³/mol. The van der Waals surface area contributed by atoms with Gasteiger partial charge in [0.05, 0.1) is 13.0 Å². The summed E-state index contributed by atoms with van der Waals surface area (Å²) in [7, 11) is 0. The van der Waals surface area contributed by atoms with Crippen LogP contribution in [0.3, 0.4) is 0 Å². The van der Waals surface area contributed by atoms with Crippen molar-refractivity contribution < 1.29 is 4.79 Å². The van der Waals surface area contributed by atoms with Gasteiger partial charge in [0.2, 0.25) is 5.91 Å². The van der Waals surface area contributed by atoms with Gasteiger partial charge in [0, 0.05) is 5.56 Å². The van der Waals surface area contributed by atoms with Crippen molar-refractivity contribution in [3.8, 4) is 0 Å². The van der Waals surface area contributed by atoms with Gasteiger partial charge in [0.15, 0.2) is 5.16 Å². The number of nitrogens with zero attached hydrogens (tertiary/aromatic N) is 3. The molecule has 1 amide bonds. The van der Waals surface area contributed by atoms with Crippen molar-refractivity contribution in [3.63, 3.8) is 0 Å². The Balaban J connectivity index is 1.96. The summed E-state index contributed by atoms with van der Waals surface area (Å²) in [5, 5.41) is 0.626. The summed E-state index contributed by atoms with van der Waals surface area (Å²) in [5.74, 6) is 1.96. The van der Waals surface area contributed by atoms with E-state index in [0.29, 0.717) is 23.3 Å². The maximum Gasteiger partial charge on any atom is 0.233 e. The second-order valence-corrected chi connectivity index (χ2v) is 6.00. The van der Waals surface area contributed by atoms with E-state index >= 15 is 0 Å². The molecule has 1 aliphatic rings. The van der Waals surface area contributed by atoms with Crippen LogP contribution in [-0.2, 0) is 17.8 Å². The maximum atomic E-state index is 12.3. The molecule has 108 valence electrons. The van der Waals surface area contributed by atoms with Crippen LogP contribution in [-0.4, -0.2) is 21.6 Å². The molecule has 0 saturated carbocycles. The van der Waals surface area contributed by atoms with Crippen molar-refractivity contribution in [2.75, 3.05) is 16.4 Å². The fourth-order valence-corrected chi connectivity index (χ4v) is 2.92. The molecule has 3 rings (SSSR count). The number of hydrogen-bond donors (Lipinski definition) is 1. The number of rotatable bonds is 4. The third kappa shape index (κ3) is 2.71. The zero-order valence-electron chi connectivity index (χ0n) is 11.7. The summed E-state index contributed by atoms with van der Waals surface area (Å²) in [6, 6.07) is 9.88. The van der Waals surface area contributed by atoms with Crippen LogP contribution in [0.4, 0.5) is 11.6 Å². The average Bonchev–Trinajstić information content (AvgIpc) is 2.78. The number of nitrogen functional groups attached to an aromatic ring is 1. The number of benzene rings is 1. The lowest BCUT2D eigenvalue weighted by Gasteiger charge is -2.17. The lowest BCUT2D eigenvalue weighted by atomic mass is 10.2. The summed E-state index contributed by atoms with van der Waals surface area (Å²) in [5.41, 5.74) is 7.79. The maximum absolute atomic E-state index is 12.3. The summed E-state index contributed by atoms with van der Waals surface area (Å²) in [6.07, 6.45) is 0.283. The lowest BCUT2D eigenvalue weighted by molar-refractivity contribution is -0.117. The molecule has 1 aromatic carbocycles. The van der Waals surface area contributed by atoms with Crippen LogP contribution in [0.2, 0.25) is 0 Å². The zero-order chi connectivity index (χ0) is 14.8. The third-order valence-electron chi connectivity index (χ3n) is 3.34. The van der Waals surface area contributed by atoms with E-state index in [2.05, 4.69) is 9.97 Å². The first-order valence-corrected chi connectivity index (χ1v) is 7.81. The first kappa shape index (κ1) is 13.9. The Morgan fingerprint density at radius 2 is 2.05 bits per heavy atom. The topological polar surface area (TPSA) is 72.1 Å². The van der Waals surface area contributed by atoms with Gasteiger partial charge in [-0.05, 0) is 11.3 Å². The molecular formula is C15H16N4OS. The molecule has 0 saturated heterocycles. The third-order valence-corrected chi connectivity index (χ3v) is 4.07. The Labute approximate surface area is 127 Å². The van der Waals surface area contributed by atoms with Crippen molar-refractivity contribution >= 4 is 29.3 Å². The molecule has 2 N–H and O–H groups in total. The van der Waals surface area contributed by atoms with Crippen molar-refractivity contribution in [2.45, 2.75) is 25.0 Å². The Morgan fingerprint density at radius 1 is 1.29 bits per heavy atom. The second kappa shape index (κ2) is 5.73. The van der Waals surface area contributed by atoms with Crippen LogP contribution >= 0.6 is 11.8 Å². The van der Waals surface area contributed by atoms with Gasteiger partial charge in [-0.3, -0.25) is 9.69 Å². The molecule has 2 aromatic rings. The van der Waals surface area contributed by atoms with Crippen LogP contribution in [0.15, 0.2) is 35.5 Å². The fourth-order valence-electron chi connectivity index (χ4n) is 2.35. The Morgan fingerprint density at radius 3 is 2.76 bits per heavy atom. The molecule has 0 fully saturated rings. The molecule has 0 aliphatic carbocycles. The minimum atomic E-state index is 0.0218. The number of carbonyl (C=O) groups is 1. The standard InChI is InChI=1S/C15H16N4OS/c1-2-21-15-17-13(16)11-8-12(20)19(14(11)18-15)9-10-6-4-3-5-7-10/h3-7H,2,8-9H2,1H3,(H2,16,17,18). The molecule has 1 aliphatic heterocycles. The van der Waals surface area contributed by atoms with E-state index in [1.165, 1.54) is 11.8 Å². The minimum absolute atomic E-state index is 0.0218. The Bertz CT molecular complexity index is 675. The summed E-state index contributed by atoms with van der Waals surface area (Å²) in [4.78, 5) is 22.7. The van der Waals surface area contributed by atoms with Gasteiger partial charge in [-0.15, -0.1) is 0 Å². The predicted octanol–water partition coefficient (Wildman–Crippen LogP) is 2.26. The fraction of sp³-hybridized carbons (Fsp3) is 0.267. The summed E-state index contributed by atoms with van der Waals surface area (Å²) >= 11 is 1.52. The van der Waals surface area contributed by atoms with Crippen LogP contribution in [0, 0.1) is 0 Å². The zero-order valence-corrected chi connectivity index (χ0v) is 12.6. The number of hydrogen-bond acceptors (Lipinski definition) is 5. The van der Waals surface area contributed by atoms with Gasteiger partial charge in [0.1, 0.15) is 11.6 Å². The molecule has 0 radical (unpaired) electrons. The number of carbonyl (C=O) groups excluding carboxylic acids is 1. The van der Waals surface area contributed by atoms with Gasteiger partial charge < -0.3 is 5.73 Å². The van der Waals surface area contributed by atoms with Crippen molar-refractivity contribution in [2.24, 2.45) is 0 Å². The second-order valence-electron chi connectivity index (χ2n) is 4.77. The van der Waals surface area contributed by atoms with E-state index in [1.54, 1.807) is 4.90 Å². The van der Waals surface area contributed by atoms with Crippen molar-refractivity contribution in [3.05, 3.63) is 41.5 Å². The number of amides is 1. The molecule has 2 heterocycles. The molecule has 6 heteroatoms. The van der Waals surface area contributed by atoms with Crippen molar-refractivity contribution in [1.82, 2.24) is 9.97 Å². The van der Waals surface area contributed by atoms with Gasteiger partial charge >= 0.3 is 0 Å². The van der Waals surface area contributed by atoms with Crippen LogP contribution in [0.5, 0.6) is 0 Å². The number of anilines is 2. The van der Waals surface area contributed by atoms with Crippen molar-refractivity contribution in [1.29, 1.82) is 0 Å². The van der Waals surface area contributed by atoms with Crippen LogP contribution in [0.1, 0.15) is 18.1 Å². The highest BCUT2D eigenvalue weighted by Gasteiger charge is 2.31. The lowest BCUT2D eigenvalue weighted by Crippen LogP contribution is -2.26. The van der Waals surface area contributed by atoms with Crippen LogP contribution < -0.4 is 10.6 Å². The SMILES string of the molecule is CCSc1nc(N)c2c(n1)N(Cc1ccccc1)C(=O)C2. The minimum Gasteiger partial charge on any atom is -0.383 e. The molecule has 21 heavy (non-hydrogen) atoms. The largest absolute Gasteiger partial charge is 0.383 e. The van der Waals surface area contributed by atoms with Crippen LogP contribution in [0.25, 0.3) is 0 Å². The van der Waals surface area contributed by atoms with E-state index in [1.807, 2.05) is 37.3 Å². The molecular weight excluding hydrogens is 284 g/mol. The molecule has 0 unspecified atom stereocenters. The van der Waals surface area contributed by atoms with E-state index in [0.717, 1.165) is 16.9 Å². The normalized spacial score (nSPS) is 13.6. The first-order valence-electron chi connectivity index (χ1n) is 6.82. The highest BCUT2D eigenvalue weighted by molar-refractivity contribution is 7.99. The number of thioether (sulfide) groups is 1. The highest BCUT2D eigenvalue weighted by atomic mass is 32.2. The molecule has 0 spiro atoms. The van der Waals surface area contributed by atoms with Gasteiger partial charge in [-0.2, -0.15) is 0 Å². The summed E-state index contributed by atoms with van der Waals surface area (Å²) in [6.45, 7) is 2.55. The Kier molecular flexibility index (Phi) is 3.79. The van der Waals surface area contributed by atoms with E-state index in [4.69, 9.17) is 5.73 Å². The van der Waals surface area contributed by atoms with Gasteiger partial charge in [-0.1, -0.05) is 49.0 Å². The average molecular weight is 300 g/mol. The van der Waals surface area contributed by atoms with Gasteiger partial charge in [-0.25, -0.2) is 9.97 Å². The quantitative estimate of drug-likeness (QED) is 0.692. The molecule has 1 aromatic heterocycles. The monoisotopic (exact) mass is 300 g/mol. The van der Waals surface area contributed by atoms with E-state index in [9.17, 15) is 4.79 Å². The highest BCUT2D eigenvalue weighted by Crippen LogP contribution is 2.33. The molecule has 5 nitrogen and oxygen atoms in total. The van der Waals surface area contributed by atoms with Gasteiger partial charge in [0.25, 0.3) is 0 Å². The smallest absolute Gasteiger partial charge is 0.233 e. The molecule has 0 atom stereocenters. The molecule has 0 bridgehead atoms. The number of nitrogens with two attached hydrogens (primary N) is 1. The Hall–Kier alpha value is -2.08. The van der Waals surface area contributed by atoms with E-state index < -0.39 is 0 Å². The number of aromatic nitrogens is 2. The van der Waals surface area contributed by atoms with E-state index in [-0.39, 0.29) is 12.3 Å². The number of fused-ring (bicyclic) bond motifs is 1. The summed E-state index contributed by atoms with van der Waals surface area (Å²) < 4.78 is 0. The first-order chi connectivity index (χ1) is 10.2.